The standard InChI is InChI=1S/C16H28N2O/c1-12(2)14-9-13(7-8-15(14)19-6)18(5)11-16(3,4)10-17/h7-9,12H,10-11,17H2,1-6H3. The molecule has 0 saturated carbocycles. The zero-order valence-electron chi connectivity index (χ0n) is 13.2. The fourth-order valence-electron chi connectivity index (χ4n) is 2.21. The molecular weight excluding hydrogens is 236 g/mol. The van der Waals surface area contributed by atoms with Crippen molar-refractivity contribution in [3.05, 3.63) is 23.8 Å². The maximum Gasteiger partial charge on any atom is 0.122 e. The molecule has 0 aromatic heterocycles. The molecule has 108 valence electrons. The van der Waals surface area contributed by atoms with Crippen molar-refractivity contribution in [3.63, 3.8) is 0 Å². The third kappa shape index (κ3) is 4.13. The maximum absolute atomic E-state index is 5.81. The quantitative estimate of drug-likeness (QED) is 0.857. The van der Waals surface area contributed by atoms with Gasteiger partial charge in [-0.15, -0.1) is 0 Å². The zero-order valence-corrected chi connectivity index (χ0v) is 13.2. The van der Waals surface area contributed by atoms with E-state index in [1.54, 1.807) is 7.11 Å². The summed E-state index contributed by atoms with van der Waals surface area (Å²) in [7, 11) is 3.84. The Labute approximate surface area is 117 Å². The molecule has 0 spiro atoms. The Morgan fingerprint density at radius 2 is 1.95 bits per heavy atom. The molecule has 1 aromatic rings. The van der Waals surface area contributed by atoms with Gasteiger partial charge in [-0.05, 0) is 41.6 Å². The number of benzene rings is 1. The van der Waals surface area contributed by atoms with E-state index in [0.717, 1.165) is 12.3 Å². The van der Waals surface area contributed by atoms with Crippen LogP contribution < -0.4 is 15.4 Å². The SMILES string of the molecule is COc1ccc(N(C)CC(C)(C)CN)cc1C(C)C. The van der Waals surface area contributed by atoms with Crippen molar-refractivity contribution in [3.8, 4) is 5.75 Å². The van der Waals surface area contributed by atoms with E-state index < -0.39 is 0 Å². The van der Waals surface area contributed by atoms with Gasteiger partial charge in [0.15, 0.2) is 0 Å². The summed E-state index contributed by atoms with van der Waals surface area (Å²) in [6.07, 6.45) is 0. The summed E-state index contributed by atoms with van der Waals surface area (Å²) in [5.74, 6) is 1.41. The molecule has 1 rings (SSSR count). The summed E-state index contributed by atoms with van der Waals surface area (Å²) in [4.78, 5) is 2.26. The summed E-state index contributed by atoms with van der Waals surface area (Å²) in [5.41, 5.74) is 8.39. The number of methoxy groups -OCH3 is 1. The molecule has 0 bridgehead atoms. The number of ether oxygens (including phenoxy) is 1. The first kappa shape index (κ1) is 15.8. The van der Waals surface area contributed by atoms with Crippen LogP contribution in [0, 0.1) is 5.41 Å². The lowest BCUT2D eigenvalue weighted by Crippen LogP contribution is -2.36. The highest BCUT2D eigenvalue weighted by molar-refractivity contribution is 5.53. The van der Waals surface area contributed by atoms with Gasteiger partial charge in [-0.25, -0.2) is 0 Å². The summed E-state index contributed by atoms with van der Waals surface area (Å²) in [6.45, 7) is 10.4. The van der Waals surface area contributed by atoms with E-state index in [9.17, 15) is 0 Å². The van der Waals surface area contributed by atoms with Crippen LogP contribution in [0.25, 0.3) is 0 Å². The Morgan fingerprint density at radius 3 is 2.42 bits per heavy atom. The molecule has 0 fully saturated rings. The Morgan fingerprint density at radius 1 is 1.32 bits per heavy atom. The molecule has 1 aromatic carbocycles. The van der Waals surface area contributed by atoms with E-state index >= 15 is 0 Å². The monoisotopic (exact) mass is 264 g/mol. The topological polar surface area (TPSA) is 38.5 Å². The van der Waals surface area contributed by atoms with Gasteiger partial charge in [0.1, 0.15) is 5.75 Å². The highest BCUT2D eigenvalue weighted by Gasteiger charge is 2.19. The van der Waals surface area contributed by atoms with Crippen molar-refractivity contribution in [2.45, 2.75) is 33.6 Å². The Hall–Kier alpha value is -1.22. The molecule has 0 aliphatic carbocycles. The average Bonchev–Trinajstić information content (AvgIpc) is 2.37. The lowest BCUT2D eigenvalue weighted by molar-refractivity contribution is 0.384. The first-order chi connectivity index (χ1) is 8.80. The summed E-state index contributed by atoms with van der Waals surface area (Å²) in [6, 6.07) is 6.38. The fraction of sp³-hybridized carbons (Fsp3) is 0.625. The first-order valence-corrected chi connectivity index (χ1v) is 6.90. The lowest BCUT2D eigenvalue weighted by atomic mass is 9.93. The van der Waals surface area contributed by atoms with Gasteiger partial charge >= 0.3 is 0 Å². The molecule has 3 nitrogen and oxygen atoms in total. The van der Waals surface area contributed by atoms with Gasteiger partial charge in [0, 0.05) is 19.3 Å². The van der Waals surface area contributed by atoms with Gasteiger partial charge in [0.05, 0.1) is 7.11 Å². The second kappa shape index (κ2) is 6.29. The molecule has 0 aliphatic heterocycles. The smallest absolute Gasteiger partial charge is 0.122 e. The number of nitrogens with two attached hydrogens (primary N) is 1. The van der Waals surface area contributed by atoms with Crippen molar-refractivity contribution in [1.82, 2.24) is 0 Å². The van der Waals surface area contributed by atoms with Crippen LogP contribution in [0.2, 0.25) is 0 Å². The van der Waals surface area contributed by atoms with Crippen molar-refractivity contribution < 1.29 is 4.74 Å². The first-order valence-electron chi connectivity index (χ1n) is 6.90. The van der Waals surface area contributed by atoms with Gasteiger partial charge in [-0.3, -0.25) is 0 Å². The highest BCUT2D eigenvalue weighted by Crippen LogP contribution is 2.31. The normalized spacial score (nSPS) is 11.8. The molecule has 19 heavy (non-hydrogen) atoms. The van der Waals surface area contributed by atoms with Crippen molar-refractivity contribution in [1.29, 1.82) is 0 Å². The number of nitrogens with zero attached hydrogens (tertiary/aromatic N) is 1. The van der Waals surface area contributed by atoms with E-state index in [-0.39, 0.29) is 5.41 Å². The number of anilines is 1. The van der Waals surface area contributed by atoms with Crippen LogP contribution >= 0.6 is 0 Å². The second-order valence-electron chi connectivity index (χ2n) is 6.31. The minimum Gasteiger partial charge on any atom is -0.496 e. The van der Waals surface area contributed by atoms with Gasteiger partial charge < -0.3 is 15.4 Å². The van der Waals surface area contributed by atoms with E-state index in [1.807, 2.05) is 0 Å². The van der Waals surface area contributed by atoms with Crippen molar-refractivity contribution in [2.75, 3.05) is 32.1 Å². The molecule has 0 amide bonds. The predicted octanol–water partition coefficient (Wildman–Crippen LogP) is 3.24. The molecule has 2 N–H and O–H groups in total. The molecule has 0 radical (unpaired) electrons. The van der Waals surface area contributed by atoms with Gasteiger partial charge in [-0.2, -0.15) is 0 Å². The third-order valence-corrected chi connectivity index (χ3v) is 3.49. The van der Waals surface area contributed by atoms with Gasteiger partial charge in [0.2, 0.25) is 0 Å². The van der Waals surface area contributed by atoms with Crippen LogP contribution in [0.3, 0.4) is 0 Å². The Kier molecular flexibility index (Phi) is 5.24. The van der Waals surface area contributed by atoms with Crippen LogP contribution in [0.5, 0.6) is 5.75 Å². The molecule has 0 unspecified atom stereocenters. The van der Waals surface area contributed by atoms with Crippen LogP contribution in [-0.2, 0) is 0 Å². The van der Waals surface area contributed by atoms with Crippen LogP contribution in [0.4, 0.5) is 5.69 Å². The van der Waals surface area contributed by atoms with E-state index in [4.69, 9.17) is 10.5 Å². The van der Waals surface area contributed by atoms with Crippen molar-refractivity contribution >= 4 is 5.69 Å². The van der Waals surface area contributed by atoms with E-state index in [2.05, 4.69) is 57.8 Å². The number of hydrogen-bond acceptors (Lipinski definition) is 3. The number of rotatable bonds is 6. The lowest BCUT2D eigenvalue weighted by Gasteiger charge is -2.31. The van der Waals surface area contributed by atoms with Crippen LogP contribution in [0.1, 0.15) is 39.2 Å². The molecule has 0 heterocycles. The van der Waals surface area contributed by atoms with Crippen molar-refractivity contribution in [2.24, 2.45) is 11.1 Å². The molecule has 0 atom stereocenters. The summed E-state index contributed by atoms with van der Waals surface area (Å²) < 4.78 is 5.42. The number of hydrogen-bond donors (Lipinski definition) is 1. The Balaban J connectivity index is 2.98. The second-order valence-corrected chi connectivity index (χ2v) is 6.31. The maximum atomic E-state index is 5.81. The largest absolute Gasteiger partial charge is 0.496 e. The summed E-state index contributed by atoms with van der Waals surface area (Å²) >= 11 is 0. The molecule has 0 saturated heterocycles. The fourth-order valence-corrected chi connectivity index (χ4v) is 2.21. The van der Waals surface area contributed by atoms with Gasteiger partial charge in [-0.1, -0.05) is 27.7 Å². The summed E-state index contributed by atoms with van der Waals surface area (Å²) in [5, 5.41) is 0. The highest BCUT2D eigenvalue weighted by atomic mass is 16.5. The molecular formula is C16H28N2O. The van der Waals surface area contributed by atoms with E-state index in [0.29, 0.717) is 12.5 Å². The van der Waals surface area contributed by atoms with Crippen LogP contribution in [0.15, 0.2) is 18.2 Å². The van der Waals surface area contributed by atoms with Gasteiger partial charge in [0.25, 0.3) is 0 Å². The van der Waals surface area contributed by atoms with E-state index in [1.165, 1.54) is 11.3 Å². The average molecular weight is 264 g/mol. The minimum atomic E-state index is 0.118. The third-order valence-electron chi connectivity index (χ3n) is 3.49. The predicted molar refractivity (Wildman–Crippen MR) is 83.2 cm³/mol. The van der Waals surface area contributed by atoms with Crippen LogP contribution in [-0.4, -0.2) is 27.2 Å². The molecule has 0 aliphatic rings. The zero-order chi connectivity index (χ0) is 14.6. The minimum absolute atomic E-state index is 0.118. The molecule has 3 heteroatoms. The Bertz CT molecular complexity index is 413.